The summed E-state index contributed by atoms with van der Waals surface area (Å²) in [6.07, 6.45) is 1.53. The van der Waals surface area contributed by atoms with E-state index in [0.717, 1.165) is 0 Å². The van der Waals surface area contributed by atoms with Crippen LogP contribution in [0.1, 0.15) is 13.8 Å². The summed E-state index contributed by atoms with van der Waals surface area (Å²) < 4.78 is 23.4. The number of aromatic nitrogens is 1. The Morgan fingerprint density at radius 2 is 2.08 bits per heavy atom. The molecule has 0 radical (unpaired) electrons. The number of anilines is 1. The lowest BCUT2D eigenvalue weighted by atomic mass is 10.2. The van der Waals surface area contributed by atoms with Gasteiger partial charge in [0.2, 0.25) is 0 Å². The molecule has 148 valence electrons. The lowest BCUT2D eigenvalue weighted by molar-refractivity contribution is 0.354. The molecule has 0 bridgehead atoms. The molecule has 1 saturated heterocycles. The van der Waals surface area contributed by atoms with Gasteiger partial charge in [-0.25, -0.2) is 13.4 Å². The first kappa shape index (κ1) is 23.5. The summed E-state index contributed by atoms with van der Waals surface area (Å²) in [5.74, 6) is 1.37. The number of pyridine rings is 1. The summed E-state index contributed by atoms with van der Waals surface area (Å²) in [4.78, 5) is 10.3. The van der Waals surface area contributed by atoms with Gasteiger partial charge in [-0.15, -0.1) is 24.0 Å². The van der Waals surface area contributed by atoms with Crippen molar-refractivity contribution in [1.29, 1.82) is 0 Å². The number of hydrogen-bond acceptors (Lipinski definition) is 5. The minimum absolute atomic E-state index is 0. The molecule has 1 aliphatic rings. The zero-order valence-corrected chi connectivity index (χ0v) is 19.6. The molecule has 26 heavy (non-hydrogen) atoms. The van der Waals surface area contributed by atoms with E-state index in [9.17, 15) is 8.42 Å². The van der Waals surface area contributed by atoms with Gasteiger partial charge < -0.3 is 15.5 Å². The van der Waals surface area contributed by atoms with E-state index < -0.39 is 14.6 Å². The summed E-state index contributed by atoms with van der Waals surface area (Å²) in [6, 6.07) is 1.63. The van der Waals surface area contributed by atoms with Gasteiger partial charge in [-0.05, 0) is 19.9 Å². The minimum atomic E-state index is -3.08. The number of nitrogens with zero attached hydrogens (tertiary/aromatic N) is 3. The maximum absolute atomic E-state index is 12.1. The summed E-state index contributed by atoms with van der Waals surface area (Å²) in [6.45, 7) is 5.49. The first-order chi connectivity index (χ1) is 11.7. The molecule has 1 aliphatic heterocycles. The van der Waals surface area contributed by atoms with E-state index >= 15 is 0 Å². The van der Waals surface area contributed by atoms with E-state index in [4.69, 9.17) is 23.2 Å². The van der Waals surface area contributed by atoms with Crippen LogP contribution in [0.2, 0.25) is 10.0 Å². The highest BCUT2D eigenvalue weighted by molar-refractivity contribution is 14.0. The molecule has 11 heteroatoms. The van der Waals surface area contributed by atoms with E-state index in [0.29, 0.717) is 48.0 Å². The molecule has 0 atom stereocenters. The van der Waals surface area contributed by atoms with Crippen LogP contribution in [-0.4, -0.2) is 68.0 Å². The molecule has 7 nitrogen and oxygen atoms in total. The molecular formula is C15H24Cl2IN5O2S. The number of aliphatic imine (C=N–C) groups is 1. The van der Waals surface area contributed by atoms with Crippen LogP contribution in [0, 0.1) is 0 Å². The highest BCUT2D eigenvalue weighted by Gasteiger charge is 2.40. The van der Waals surface area contributed by atoms with Crippen LogP contribution in [-0.2, 0) is 9.84 Å². The van der Waals surface area contributed by atoms with Crippen molar-refractivity contribution in [3.05, 3.63) is 22.3 Å². The Hall–Kier alpha value is -0.520. The van der Waals surface area contributed by atoms with Crippen LogP contribution >= 0.6 is 47.2 Å². The monoisotopic (exact) mass is 535 g/mol. The van der Waals surface area contributed by atoms with Crippen LogP contribution in [0.15, 0.2) is 17.3 Å². The lowest BCUT2D eigenvalue weighted by Crippen LogP contribution is -2.57. The molecule has 0 aromatic carbocycles. The third-order valence-electron chi connectivity index (χ3n) is 4.06. The smallest absolute Gasteiger partial charge is 0.193 e. The molecule has 2 heterocycles. The average molecular weight is 536 g/mol. The first-order valence-electron chi connectivity index (χ1n) is 7.89. The normalized spacial score (nSPS) is 18.8. The Balaban J connectivity index is 0.00000338. The summed E-state index contributed by atoms with van der Waals surface area (Å²) in [7, 11) is -1.39. The summed E-state index contributed by atoms with van der Waals surface area (Å²) >= 11 is 11.9. The van der Waals surface area contributed by atoms with Crippen molar-refractivity contribution in [2.24, 2.45) is 4.99 Å². The molecule has 0 unspecified atom stereocenters. The van der Waals surface area contributed by atoms with Crippen molar-refractivity contribution in [1.82, 2.24) is 15.2 Å². The van der Waals surface area contributed by atoms with Gasteiger partial charge in [-0.3, -0.25) is 4.99 Å². The van der Waals surface area contributed by atoms with Crippen molar-refractivity contribution >= 4 is 68.8 Å². The predicted molar refractivity (Wildman–Crippen MR) is 119 cm³/mol. The Kier molecular flexibility index (Phi) is 8.69. The fourth-order valence-electron chi connectivity index (χ4n) is 2.56. The number of halogens is 3. The van der Waals surface area contributed by atoms with Gasteiger partial charge in [0.05, 0.1) is 20.5 Å². The fraction of sp³-hybridized carbons (Fsp3) is 0.600. The molecule has 0 aliphatic carbocycles. The second kappa shape index (κ2) is 9.61. The molecule has 1 aromatic rings. The van der Waals surface area contributed by atoms with Crippen molar-refractivity contribution < 1.29 is 8.42 Å². The molecule has 0 spiro atoms. The molecule has 0 saturated carbocycles. The number of guanidine groups is 1. The lowest BCUT2D eigenvalue weighted by Gasteiger charge is -2.39. The third-order valence-corrected chi connectivity index (χ3v) is 7.09. The quantitative estimate of drug-likeness (QED) is 0.266. The van der Waals surface area contributed by atoms with Gasteiger partial charge >= 0.3 is 0 Å². The second-order valence-electron chi connectivity index (χ2n) is 6.38. The summed E-state index contributed by atoms with van der Waals surface area (Å²) in [5, 5.41) is 7.29. The van der Waals surface area contributed by atoms with Crippen molar-refractivity contribution in [3.63, 3.8) is 0 Å². The maximum atomic E-state index is 12.1. The van der Waals surface area contributed by atoms with Gasteiger partial charge in [0.15, 0.2) is 15.8 Å². The highest BCUT2D eigenvalue weighted by Crippen LogP contribution is 2.24. The van der Waals surface area contributed by atoms with Crippen LogP contribution in [0.25, 0.3) is 0 Å². The first-order valence-corrected chi connectivity index (χ1v) is 10.3. The van der Waals surface area contributed by atoms with E-state index in [1.807, 2.05) is 4.90 Å². The Morgan fingerprint density at radius 1 is 1.38 bits per heavy atom. The van der Waals surface area contributed by atoms with Crippen LogP contribution in [0.5, 0.6) is 0 Å². The standard InChI is InChI=1S/C15H23Cl2N5O2S.HI/c1-15(2)10-22(6-7-25(15,23)24)14(18-3)20-5-4-19-13-12(17)8-11(16)9-21-13;/h8-9H,4-7,10H2,1-3H3,(H,18,20)(H,19,21);1H. The van der Waals surface area contributed by atoms with Gasteiger partial charge in [-0.2, -0.15) is 0 Å². The SMILES string of the molecule is CN=C(NCCNc1ncc(Cl)cc1Cl)N1CCS(=O)(=O)C(C)(C)C1.I. The number of sulfone groups is 1. The molecule has 2 N–H and O–H groups in total. The van der Waals surface area contributed by atoms with Crippen molar-refractivity contribution in [2.45, 2.75) is 18.6 Å². The Labute approximate surface area is 181 Å². The zero-order chi connectivity index (χ0) is 18.7. The zero-order valence-electron chi connectivity index (χ0n) is 14.9. The van der Waals surface area contributed by atoms with Crippen LogP contribution < -0.4 is 10.6 Å². The largest absolute Gasteiger partial charge is 0.367 e. The highest BCUT2D eigenvalue weighted by atomic mass is 127. The molecule has 1 aromatic heterocycles. The number of nitrogens with one attached hydrogen (secondary N) is 2. The molecular weight excluding hydrogens is 512 g/mol. The molecule has 2 rings (SSSR count). The van der Waals surface area contributed by atoms with Gasteiger partial charge in [0.1, 0.15) is 5.82 Å². The van der Waals surface area contributed by atoms with Crippen LogP contribution in [0.3, 0.4) is 0 Å². The summed E-state index contributed by atoms with van der Waals surface area (Å²) in [5.41, 5.74) is 0. The topological polar surface area (TPSA) is 86.7 Å². The van der Waals surface area contributed by atoms with E-state index in [-0.39, 0.29) is 29.7 Å². The van der Waals surface area contributed by atoms with Crippen molar-refractivity contribution in [3.8, 4) is 0 Å². The maximum Gasteiger partial charge on any atom is 0.193 e. The number of rotatable bonds is 4. The van der Waals surface area contributed by atoms with Gasteiger partial charge in [0, 0.05) is 39.4 Å². The minimum Gasteiger partial charge on any atom is -0.367 e. The van der Waals surface area contributed by atoms with Crippen LogP contribution in [0.4, 0.5) is 5.82 Å². The second-order valence-corrected chi connectivity index (χ2v) is 9.97. The van der Waals surface area contributed by atoms with E-state index in [1.165, 1.54) is 6.20 Å². The van der Waals surface area contributed by atoms with Gasteiger partial charge in [-0.1, -0.05) is 23.2 Å². The molecule has 0 amide bonds. The van der Waals surface area contributed by atoms with Gasteiger partial charge in [0.25, 0.3) is 0 Å². The third kappa shape index (κ3) is 5.74. The fourth-order valence-corrected chi connectivity index (χ4v) is 4.37. The van der Waals surface area contributed by atoms with Crippen molar-refractivity contribution in [2.75, 3.05) is 44.3 Å². The Morgan fingerprint density at radius 3 is 2.65 bits per heavy atom. The average Bonchev–Trinajstić information content (AvgIpc) is 2.52. The molecule has 1 fully saturated rings. The van der Waals surface area contributed by atoms with E-state index in [1.54, 1.807) is 27.0 Å². The number of hydrogen-bond donors (Lipinski definition) is 2. The predicted octanol–water partition coefficient (Wildman–Crippen LogP) is 2.50. The Bertz CT molecular complexity index is 758. The van der Waals surface area contributed by atoms with E-state index in [2.05, 4.69) is 20.6 Å².